The molecule has 1 aromatic carbocycles. The molecule has 0 spiro atoms. The van der Waals surface area contributed by atoms with Crippen LogP contribution in [0.4, 0.5) is 0 Å². The van der Waals surface area contributed by atoms with Crippen LogP contribution < -0.4 is 0 Å². The van der Waals surface area contributed by atoms with Gasteiger partial charge in [0.15, 0.2) is 0 Å². The molecular formula is C19H24N4O. The topological polar surface area (TPSA) is 51.0 Å². The van der Waals surface area contributed by atoms with Crippen LogP contribution in [-0.4, -0.2) is 32.3 Å². The molecule has 24 heavy (non-hydrogen) atoms. The van der Waals surface area contributed by atoms with Gasteiger partial charge in [-0.15, -0.1) is 5.10 Å². The molecule has 126 valence electrons. The van der Waals surface area contributed by atoms with Crippen molar-refractivity contribution < 1.29 is 4.79 Å². The Kier molecular flexibility index (Phi) is 4.08. The molecule has 2 aromatic rings. The van der Waals surface area contributed by atoms with Crippen molar-refractivity contribution >= 4 is 5.91 Å². The number of amides is 1. The second-order valence-electron chi connectivity index (χ2n) is 7.19. The van der Waals surface area contributed by atoms with E-state index in [1.807, 2.05) is 29.3 Å². The van der Waals surface area contributed by atoms with Crippen LogP contribution in [0.5, 0.6) is 0 Å². The van der Waals surface area contributed by atoms with Gasteiger partial charge in [0.05, 0.1) is 11.7 Å². The van der Waals surface area contributed by atoms with Crippen molar-refractivity contribution in [3.8, 4) is 0 Å². The van der Waals surface area contributed by atoms with E-state index >= 15 is 0 Å². The number of carbonyl (C=O) groups excluding carboxylic acids is 1. The van der Waals surface area contributed by atoms with E-state index in [-0.39, 0.29) is 18.5 Å². The molecule has 5 heteroatoms. The minimum absolute atomic E-state index is 0.0886. The summed E-state index contributed by atoms with van der Waals surface area (Å²) in [6.07, 6.45) is 6.82. The normalized spacial score (nSPS) is 18.4. The highest BCUT2D eigenvalue weighted by atomic mass is 16.2. The van der Waals surface area contributed by atoms with Crippen molar-refractivity contribution in [2.75, 3.05) is 6.54 Å². The van der Waals surface area contributed by atoms with Crippen LogP contribution in [0.1, 0.15) is 55.8 Å². The molecule has 1 atom stereocenters. The second kappa shape index (κ2) is 6.38. The van der Waals surface area contributed by atoms with E-state index in [1.165, 1.54) is 31.2 Å². The largest absolute Gasteiger partial charge is 0.334 e. The van der Waals surface area contributed by atoms with Crippen LogP contribution in [0.25, 0.3) is 0 Å². The summed E-state index contributed by atoms with van der Waals surface area (Å²) >= 11 is 0. The van der Waals surface area contributed by atoms with Crippen LogP contribution in [0.15, 0.2) is 36.5 Å². The van der Waals surface area contributed by atoms with Crippen LogP contribution in [0, 0.1) is 5.92 Å². The summed E-state index contributed by atoms with van der Waals surface area (Å²) in [6, 6.07) is 10.4. The molecule has 4 rings (SSSR count). The van der Waals surface area contributed by atoms with Crippen molar-refractivity contribution in [1.29, 1.82) is 0 Å². The Morgan fingerprint density at radius 1 is 1.25 bits per heavy atom. The van der Waals surface area contributed by atoms with E-state index in [0.29, 0.717) is 11.8 Å². The second-order valence-corrected chi connectivity index (χ2v) is 7.19. The predicted octanol–water partition coefficient (Wildman–Crippen LogP) is 3.16. The molecule has 0 aliphatic heterocycles. The molecule has 1 heterocycles. The van der Waals surface area contributed by atoms with Gasteiger partial charge in [0, 0.05) is 18.7 Å². The zero-order valence-corrected chi connectivity index (χ0v) is 14.1. The molecule has 0 radical (unpaired) electrons. The number of hydrogen-bond donors (Lipinski definition) is 0. The first-order valence-corrected chi connectivity index (χ1v) is 8.95. The lowest BCUT2D eigenvalue weighted by atomic mass is 10.1. The Hall–Kier alpha value is -2.17. The first kappa shape index (κ1) is 15.4. The standard InChI is InChI=1S/C19H24N4O/c1-14(16-5-3-2-4-6-16)23(11-15-7-8-15)19(24)13-22-12-18(20-21-22)17-9-10-17/h2-6,12,14-15,17H,7-11,13H2,1H3/t14-/m1/s1. The van der Waals surface area contributed by atoms with Gasteiger partial charge < -0.3 is 4.90 Å². The third-order valence-corrected chi connectivity index (χ3v) is 5.07. The maximum Gasteiger partial charge on any atom is 0.244 e. The minimum atomic E-state index is 0.0886. The van der Waals surface area contributed by atoms with Gasteiger partial charge in [-0.25, -0.2) is 4.68 Å². The smallest absolute Gasteiger partial charge is 0.244 e. The van der Waals surface area contributed by atoms with Crippen molar-refractivity contribution in [1.82, 2.24) is 19.9 Å². The lowest BCUT2D eigenvalue weighted by molar-refractivity contribution is -0.134. The Balaban J connectivity index is 1.47. The third-order valence-electron chi connectivity index (χ3n) is 5.07. The van der Waals surface area contributed by atoms with Crippen LogP contribution in [0.3, 0.4) is 0 Å². The zero-order chi connectivity index (χ0) is 16.5. The Morgan fingerprint density at radius 2 is 2.00 bits per heavy atom. The molecule has 2 fully saturated rings. The van der Waals surface area contributed by atoms with Crippen molar-refractivity contribution in [3.63, 3.8) is 0 Å². The summed E-state index contributed by atoms with van der Waals surface area (Å²) in [4.78, 5) is 14.9. The van der Waals surface area contributed by atoms with Gasteiger partial charge in [0.1, 0.15) is 6.54 Å². The summed E-state index contributed by atoms with van der Waals surface area (Å²) in [5.41, 5.74) is 2.22. The number of carbonyl (C=O) groups is 1. The molecule has 0 saturated heterocycles. The number of benzene rings is 1. The van der Waals surface area contributed by atoms with Gasteiger partial charge in [0.2, 0.25) is 5.91 Å². The maximum absolute atomic E-state index is 12.9. The summed E-state index contributed by atoms with van der Waals surface area (Å²) in [7, 11) is 0. The van der Waals surface area contributed by atoms with E-state index < -0.39 is 0 Å². The lowest BCUT2D eigenvalue weighted by Crippen LogP contribution is -2.37. The Bertz CT molecular complexity index is 703. The molecule has 0 unspecified atom stereocenters. The first-order valence-electron chi connectivity index (χ1n) is 8.95. The molecule has 2 aliphatic rings. The van der Waals surface area contributed by atoms with Gasteiger partial charge in [-0.1, -0.05) is 35.5 Å². The molecule has 1 amide bonds. The van der Waals surface area contributed by atoms with Crippen molar-refractivity contribution in [2.45, 2.75) is 51.1 Å². The Labute approximate surface area is 142 Å². The maximum atomic E-state index is 12.9. The van der Waals surface area contributed by atoms with Crippen molar-refractivity contribution in [2.24, 2.45) is 5.92 Å². The van der Waals surface area contributed by atoms with E-state index in [0.717, 1.165) is 12.2 Å². The molecule has 1 aromatic heterocycles. The summed E-state index contributed by atoms with van der Waals surface area (Å²) in [5, 5.41) is 8.35. The fourth-order valence-electron chi connectivity index (χ4n) is 3.15. The Morgan fingerprint density at radius 3 is 2.67 bits per heavy atom. The summed E-state index contributed by atoms with van der Waals surface area (Å²) in [5.74, 6) is 1.36. The lowest BCUT2D eigenvalue weighted by Gasteiger charge is -2.30. The predicted molar refractivity (Wildman–Crippen MR) is 91.3 cm³/mol. The average Bonchev–Trinajstić information content (AvgIpc) is 3.53. The minimum Gasteiger partial charge on any atom is -0.334 e. The van der Waals surface area contributed by atoms with Gasteiger partial charge in [-0.05, 0) is 44.1 Å². The van der Waals surface area contributed by atoms with Gasteiger partial charge in [-0.2, -0.15) is 0 Å². The fourth-order valence-corrected chi connectivity index (χ4v) is 3.15. The molecule has 0 bridgehead atoms. The van der Waals surface area contributed by atoms with E-state index in [9.17, 15) is 4.79 Å². The van der Waals surface area contributed by atoms with Crippen molar-refractivity contribution in [3.05, 3.63) is 47.8 Å². The highest BCUT2D eigenvalue weighted by Gasteiger charge is 2.31. The average molecular weight is 324 g/mol. The quantitative estimate of drug-likeness (QED) is 0.786. The van der Waals surface area contributed by atoms with E-state index in [1.54, 1.807) is 4.68 Å². The highest BCUT2D eigenvalue weighted by molar-refractivity contribution is 5.76. The van der Waals surface area contributed by atoms with Crippen LogP contribution >= 0.6 is 0 Å². The summed E-state index contributed by atoms with van der Waals surface area (Å²) < 4.78 is 1.70. The van der Waals surface area contributed by atoms with Crippen LogP contribution in [0.2, 0.25) is 0 Å². The van der Waals surface area contributed by atoms with Gasteiger partial charge >= 0.3 is 0 Å². The first-order chi connectivity index (χ1) is 11.7. The number of hydrogen-bond acceptors (Lipinski definition) is 3. The molecular weight excluding hydrogens is 300 g/mol. The highest BCUT2D eigenvalue weighted by Crippen LogP contribution is 2.38. The van der Waals surface area contributed by atoms with E-state index in [4.69, 9.17) is 0 Å². The van der Waals surface area contributed by atoms with Gasteiger partial charge in [-0.3, -0.25) is 4.79 Å². The fraction of sp³-hybridized carbons (Fsp3) is 0.526. The summed E-state index contributed by atoms with van der Waals surface area (Å²) in [6.45, 7) is 3.25. The molecule has 0 N–H and O–H groups in total. The number of nitrogens with zero attached hydrogens (tertiary/aromatic N) is 4. The van der Waals surface area contributed by atoms with Gasteiger partial charge in [0.25, 0.3) is 0 Å². The third kappa shape index (κ3) is 3.50. The molecule has 2 saturated carbocycles. The SMILES string of the molecule is C[C@H](c1ccccc1)N(CC1CC1)C(=O)Cn1cc(C2CC2)nn1. The zero-order valence-electron chi connectivity index (χ0n) is 14.1. The molecule has 2 aliphatic carbocycles. The number of aromatic nitrogens is 3. The molecule has 5 nitrogen and oxygen atoms in total. The monoisotopic (exact) mass is 324 g/mol. The van der Waals surface area contributed by atoms with E-state index in [2.05, 4.69) is 29.4 Å². The van der Waals surface area contributed by atoms with Crippen LogP contribution in [-0.2, 0) is 11.3 Å². The number of rotatable bonds is 7.